The molecule has 2 aromatic rings. The molecule has 1 saturated heterocycles. The molecule has 0 aromatic heterocycles. The van der Waals surface area contributed by atoms with Gasteiger partial charge in [-0.15, -0.1) is 0 Å². The van der Waals surface area contributed by atoms with E-state index in [1.54, 1.807) is 4.90 Å². The number of amides is 2. The SMILES string of the molecule is O=C(Cc1ccccc1)NC(=S)N1CCNC(=O)[C@@H]1CC(=O)OCCc1ccccc1. The van der Waals surface area contributed by atoms with E-state index in [0.29, 0.717) is 19.5 Å². The van der Waals surface area contributed by atoms with Crippen LogP contribution in [0.15, 0.2) is 60.7 Å². The van der Waals surface area contributed by atoms with Crippen molar-refractivity contribution < 1.29 is 19.1 Å². The Morgan fingerprint density at radius 1 is 1.06 bits per heavy atom. The second kappa shape index (κ2) is 11.2. The molecule has 0 unspecified atom stereocenters. The monoisotopic (exact) mass is 439 g/mol. The van der Waals surface area contributed by atoms with Crippen LogP contribution in [-0.2, 0) is 32.0 Å². The van der Waals surface area contributed by atoms with Crippen molar-refractivity contribution in [1.29, 1.82) is 0 Å². The van der Waals surface area contributed by atoms with Crippen LogP contribution in [0, 0.1) is 0 Å². The third-order valence-electron chi connectivity index (χ3n) is 4.90. The van der Waals surface area contributed by atoms with Gasteiger partial charge in [0.25, 0.3) is 0 Å². The Labute approximate surface area is 186 Å². The summed E-state index contributed by atoms with van der Waals surface area (Å²) in [7, 11) is 0. The van der Waals surface area contributed by atoms with Crippen molar-refractivity contribution in [3.63, 3.8) is 0 Å². The maximum absolute atomic E-state index is 12.4. The van der Waals surface area contributed by atoms with Gasteiger partial charge in [-0.2, -0.15) is 0 Å². The van der Waals surface area contributed by atoms with E-state index in [1.807, 2.05) is 60.7 Å². The molecule has 0 radical (unpaired) electrons. The highest BCUT2D eigenvalue weighted by Crippen LogP contribution is 2.11. The Hall–Kier alpha value is -3.26. The Bertz CT molecular complexity index is 921. The van der Waals surface area contributed by atoms with E-state index >= 15 is 0 Å². The molecule has 162 valence electrons. The van der Waals surface area contributed by atoms with Crippen LogP contribution < -0.4 is 10.6 Å². The summed E-state index contributed by atoms with van der Waals surface area (Å²) in [5.74, 6) is -1.07. The average Bonchev–Trinajstić information content (AvgIpc) is 2.76. The third-order valence-corrected chi connectivity index (χ3v) is 5.24. The fourth-order valence-electron chi connectivity index (χ4n) is 3.32. The number of rotatable bonds is 7. The minimum atomic E-state index is -0.817. The molecule has 3 rings (SSSR count). The number of carbonyl (C=O) groups is 3. The van der Waals surface area contributed by atoms with Gasteiger partial charge in [0.2, 0.25) is 11.8 Å². The van der Waals surface area contributed by atoms with Crippen molar-refractivity contribution in [3.8, 4) is 0 Å². The molecule has 8 heteroatoms. The highest BCUT2D eigenvalue weighted by Gasteiger charge is 2.34. The van der Waals surface area contributed by atoms with Gasteiger partial charge in [-0.1, -0.05) is 60.7 Å². The molecule has 2 aromatic carbocycles. The van der Waals surface area contributed by atoms with Crippen LogP contribution in [0.2, 0.25) is 0 Å². The number of nitrogens with one attached hydrogen (secondary N) is 2. The first-order chi connectivity index (χ1) is 15.0. The highest BCUT2D eigenvalue weighted by molar-refractivity contribution is 7.80. The Morgan fingerprint density at radius 3 is 2.39 bits per heavy atom. The maximum Gasteiger partial charge on any atom is 0.308 e. The predicted molar refractivity (Wildman–Crippen MR) is 120 cm³/mol. The molecular weight excluding hydrogens is 414 g/mol. The van der Waals surface area contributed by atoms with Crippen molar-refractivity contribution in [2.75, 3.05) is 19.7 Å². The zero-order valence-corrected chi connectivity index (χ0v) is 17.9. The van der Waals surface area contributed by atoms with Crippen molar-refractivity contribution in [1.82, 2.24) is 15.5 Å². The van der Waals surface area contributed by atoms with Crippen LogP contribution in [0.4, 0.5) is 0 Å². The molecule has 31 heavy (non-hydrogen) atoms. The van der Waals surface area contributed by atoms with E-state index in [1.165, 1.54) is 0 Å². The summed E-state index contributed by atoms with van der Waals surface area (Å²) in [6.45, 7) is 1.01. The minimum absolute atomic E-state index is 0.137. The smallest absolute Gasteiger partial charge is 0.308 e. The van der Waals surface area contributed by atoms with Crippen molar-refractivity contribution in [2.24, 2.45) is 0 Å². The summed E-state index contributed by atoms with van der Waals surface area (Å²) in [5, 5.41) is 5.55. The van der Waals surface area contributed by atoms with E-state index in [9.17, 15) is 14.4 Å². The quantitative estimate of drug-likeness (QED) is 0.504. The lowest BCUT2D eigenvalue weighted by Gasteiger charge is -2.36. The van der Waals surface area contributed by atoms with Crippen LogP contribution in [0.25, 0.3) is 0 Å². The number of ether oxygens (including phenoxy) is 1. The van der Waals surface area contributed by atoms with E-state index in [0.717, 1.165) is 11.1 Å². The van der Waals surface area contributed by atoms with E-state index in [-0.39, 0.29) is 36.4 Å². The molecular formula is C23H25N3O4S. The Balaban J connectivity index is 1.52. The molecule has 7 nitrogen and oxygen atoms in total. The second-order valence-electron chi connectivity index (χ2n) is 7.18. The summed E-state index contributed by atoms with van der Waals surface area (Å²) >= 11 is 5.36. The number of hydrogen-bond donors (Lipinski definition) is 2. The van der Waals surface area contributed by atoms with Crippen molar-refractivity contribution >= 4 is 35.1 Å². The molecule has 2 amide bonds. The average molecular weight is 440 g/mol. The first-order valence-electron chi connectivity index (χ1n) is 10.1. The molecule has 1 atom stereocenters. The van der Waals surface area contributed by atoms with Gasteiger partial charge < -0.3 is 20.3 Å². The standard InChI is InChI=1S/C23H25N3O4S/c27-20(15-18-9-5-2-6-10-18)25-23(31)26-13-12-24-22(29)19(26)16-21(28)30-14-11-17-7-3-1-4-8-17/h1-10,19H,11-16H2,(H,24,29)(H,25,27,31)/t19-/m0/s1. The van der Waals surface area contributed by atoms with Crippen LogP contribution in [0.1, 0.15) is 17.5 Å². The van der Waals surface area contributed by atoms with E-state index in [2.05, 4.69) is 10.6 Å². The van der Waals surface area contributed by atoms with Gasteiger partial charge in [0.15, 0.2) is 5.11 Å². The number of thiocarbonyl (C=S) groups is 1. The maximum atomic E-state index is 12.4. The lowest BCUT2D eigenvalue weighted by Crippen LogP contribution is -2.60. The number of nitrogens with zero attached hydrogens (tertiary/aromatic N) is 1. The van der Waals surface area contributed by atoms with Gasteiger partial charge in [0.05, 0.1) is 19.4 Å². The van der Waals surface area contributed by atoms with Gasteiger partial charge in [-0.05, 0) is 23.3 Å². The number of piperazine rings is 1. The van der Waals surface area contributed by atoms with Crippen molar-refractivity contribution in [3.05, 3.63) is 71.8 Å². The van der Waals surface area contributed by atoms with Crippen LogP contribution in [-0.4, -0.2) is 53.5 Å². The predicted octanol–water partition coefficient (Wildman–Crippen LogP) is 1.61. The lowest BCUT2D eigenvalue weighted by atomic mass is 10.1. The second-order valence-corrected chi connectivity index (χ2v) is 7.56. The molecule has 1 aliphatic rings. The normalized spacial score (nSPS) is 15.7. The molecule has 0 spiro atoms. The fourth-order valence-corrected chi connectivity index (χ4v) is 3.65. The zero-order chi connectivity index (χ0) is 22.1. The van der Waals surface area contributed by atoms with Gasteiger partial charge in [0, 0.05) is 19.5 Å². The highest BCUT2D eigenvalue weighted by atomic mass is 32.1. The summed E-state index contributed by atoms with van der Waals surface area (Å²) in [6.07, 6.45) is 0.629. The molecule has 1 fully saturated rings. The molecule has 0 bridgehead atoms. The summed E-state index contributed by atoms with van der Waals surface area (Å²) in [4.78, 5) is 38.6. The van der Waals surface area contributed by atoms with Gasteiger partial charge in [0.1, 0.15) is 6.04 Å². The zero-order valence-electron chi connectivity index (χ0n) is 17.1. The fraction of sp³-hybridized carbons (Fsp3) is 0.304. The molecule has 2 N–H and O–H groups in total. The lowest BCUT2D eigenvalue weighted by molar-refractivity contribution is -0.147. The number of hydrogen-bond acceptors (Lipinski definition) is 5. The van der Waals surface area contributed by atoms with Crippen LogP contribution in [0.5, 0.6) is 0 Å². The number of benzene rings is 2. The topological polar surface area (TPSA) is 87.7 Å². The summed E-state index contributed by atoms with van der Waals surface area (Å²) < 4.78 is 5.31. The van der Waals surface area contributed by atoms with E-state index in [4.69, 9.17) is 17.0 Å². The minimum Gasteiger partial charge on any atom is -0.465 e. The summed E-state index contributed by atoms with van der Waals surface area (Å²) in [6, 6.07) is 18.2. The van der Waals surface area contributed by atoms with Crippen LogP contribution in [0.3, 0.4) is 0 Å². The van der Waals surface area contributed by atoms with Gasteiger partial charge >= 0.3 is 5.97 Å². The summed E-state index contributed by atoms with van der Waals surface area (Å²) in [5.41, 5.74) is 1.92. The number of carbonyl (C=O) groups excluding carboxylic acids is 3. The first-order valence-corrected chi connectivity index (χ1v) is 10.6. The molecule has 1 aliphatic heterocycles. The Kier molecular flexibility index (Phi) is 8.12. The third kappa shape index (κ3) is 6.89. The van der Waals surface area contributed by atoms with Crippen LogP contribution >= 0.6 is 12.2 Å². The molecule has 1 heterocycles. The van der Waals surface area contributed by atoms with E-state index < -0.39 is 12.0 Å². The van der Waals surface area contributed by atoms with Gasteiger partial charge in [-0.3, -0.25) is 14.4 Å². The molecule has 0 aliphatic carbocycles. The number of esters is 1. The Morgan fingerprint density at radius 2 is 1.71 bits per heavy atom. The van der Waals surface area contributed by atoms with Gasteiger partial charge in [-0.25, -0.2) is 0 Å². The largest absolute Gasteiger partial charge is 0.465 e. The first kappa shape index (κ1) is 22.4. The van der Waals surface area contributed by atoms with Crippen molar-refractivity contribution in [2.45, 2.75) is 25.3 Å². The molecule has 0 saturated carbocycles.